The minimum atomic E-state index is -0.837. The second-order valence-corrected chi connectivity index (χ2v) is 10.6. The quantitative estimate of drug-likeness (QED) is 0.361. The van der Waals surface area contributed by atoms with E-state index in [9.17, 15) is 10.2 Å². The first-order valence-corrected chi connectivity index (χ1v) is 12.7. The van der Waals surface area contributed by atoms with Gasteiger partial charge in [-0.2, -0.15) is 0 Å². The average molecular weight is 471 g/mol. The van der Waals surface area contributed by atoms with Crippen molar-refractivity contribution >= 4 is 33.6 Å². The third kappa shape index (κ3) is 3.02. The summed E-state index contributed by atoms with van der Waals surface area (Å²) in [6, 6.07) is 10.0. The van der Waals surface area contributed by atoms with Crippen LogP contribution >= 0.6 is 0 Å². The number of aliphatic hydroxyl groups is 2. The standard InChI is InChI=1S/C27H30N6O2/c28-22-9-6-13-4-5-14(10-19(13)32-22)15-7-8-16(15)18-11-21(25(35)24(18)34)33-20-3-1-2-17(20)23-26(29)30-12-31-27(23)33/h4-6,9-10,12,15-16,18,21,24-25,34-35H,1-3,7-8,11H2,(H2,28,32)(H2,29,30,31)/t15-,16-,18-,21-,24-,25+/m1/s1. The molecule has 180 valence electrons. The molecule has 0 spiro atoms. The summed E-state index contributed by atoms with van der Waals surface area (Å²) in [6.45, 7) is 0. The van der Waals surface area contributed by atoms with Crippen molar-refractivity contribution in [3.05, 3.63) is 53.5 Å². The van der Waals surface area contributed by atoms with Crippen LogP contribution in [0.15, 0.2) is 36.7 Å². The minimum Gasteiger partial charge on any atom is -0.390 e. The molecule has 0 saturated heterocycles. The van der Waals surface area contributed by atoms with Crippen LogP contribution in [0.5, 0.6) is 0 Å². The highest BCUT2D eigenvalue weighted by Gasteiger charge is 2.51. The SMILES string of the molecule is Nc1ccc2ccc([C@H]3CC[C@H]3[C@H]3C[C@@H](n4c5c(c6c(N)ncnc64)CCC5)[C@H](O)[C@@H]3O)cc2n1. The van der Waals surface area contributed by atoms with E-state index in [1.807, 2.05) is 12.1 Å². The van der Waals surface area contributed by atoms with Crippen molar-refractivity contribution in [2.45, 2.75) is 62.7 Å². The Morgan fingerprint density at radius 1 is 0.943 bits per heavy atom. The summed E-state index contributed by atoms with van der Waals surface area (Å²) in [6.07, 6.45) is 5.71. The highest BCUT2D eigenvalue weighted by molar-refractivity contribution is 5.91. The molecule has 8 nitrogen and oxygen atoms in total. The average Bonchev–Trinajstić information content (AvgIpc) is 3.48. The first-order valence-electron chi connectivity index (χ1n) is 12.7. The highest BCUT2D eigenvalue weighted by Crippen LogP contribution is 2.54. The van der Waals surface area contributed by atoms with E-state index in [4.69, 9.17) is 11.5 Å². The molecule has 0 unspecified atom stereocenters. The molecule has 4 aromatic rings. The Hall–Kier alpha value is -3.23. The third-order valence-electron chi connectivity index (χ3n) is 8.94. The van der Waals surface area contributed by atoms with E-state index in [1.165, 1.54) is 23.1 Å². The second-order valence-electron chi connectivity index (χ2n) is 10.6. The van der Waals surface area contributed by atoms with Crippen LogP contribution in [0, 0.1) is 11.8 Å². The van der Waals surface area contributed by atoms with Gasteiger partial charge in [-0.25, -0.2) is 15.0 Å². The van der Waals surface area contributed by atoms with Gasteiger partial charge in [-0.1, -0.05) is 12.1 Å². The molecular formula is C27H30N6O2. The van der Waals surface area contributed by atoms with Crippen molar-refractivity contribution in [1.82, 2.24) is 19.5 Å². The van der Waals surface area contributed by atoms with E-state index in [0.717, 1.165) is 60.5 Å². The highest BCUT2D eigenvalue weighted by atomic mass is 16.3. The molecule has 3 aliphatic rings. The first-order chi connectivity index (χ1) is 17.0. The number of pyridine rings is 1. The van der Waals surface area contributed by atoms with Crippen molar-refractivity contribution < 1.29 is 10.2 Å². The van der Waals surface area contributed by atoms with E-state index in [1.54, 1.807) is 0 Å². The van der Waals surface area contributed by atoms with E-state index >= 15 is 0 Å². The number of benzene rings is 1. The zero-order valence-electron chi connectivity index (χ0n) is 19.5. The van der Waals surface area contributed by atoms with Crippen LogP contribution in [0.1, 0.15) is 54.5 Å². The van der Waals surface area contributed by atoms with Gasteiger partial charge < -0.3 is 26.2 Å². The van der Waals surface area contributed by atoms with E-state index in [2.05, 4.69) is 37.7 Å². The number of nitrogens with two attached hydrogens (primary N) is 2. The zero-order chi connectivity index (χ0) is 23.8. The molecule has 0 amide bonds. The lowest BCUT2D eigenvalue weighted by molar-refractivity contribution is -0.0191. The topological polar surface area (TPSA) is 136 Å². The predicted octanol–water partition coefficient (Wildman–Crippen LogP) is 3.11. The molecule has 3 aromatic heterocycles. The molecule has 6 N–H and O–H groups in total. The van der Waals surface area contributed by atoms with Crippen molar-refractivity contribution in [2.24, 2.45) is 11.8 Å². The number of aliphatic hydroxyl groups excluding tert-OH is 2. The number of nitrogens with zero attached hydrogens (tertiary/aromatic N) is 4. The molecule has 3 heterocycles. The minimum absolute atomic E-state index is 0.0203. The lowest BCUT2D eigenvalue weighted by Crippen LogP contribution is -2.38. The molecule has 35 heavy (non-hydrogen) atoms. The van der Waals surface area contributed by atoms with Gasteiger partial charge in [0.25, 0.3) is 0 Å². The van der Waals surface area contributed by atoms with Crippen LogP contribution in [-0.2, 0) is 12.8 Å². The number of rotatable bonds is 3. The fraction of sp³-hybridized carbons (Fsp3) is 0.444. The van der Waals surface area contributed by atoms with Gasteiger partial charge in [-0.15, -0.1) is 0 Å². The maximum atomic E-state index is 11.3. The number of aryl methyl sites for hydroxylation is 1. The van der Waals surface area contributed by atoms with Crippen LogP contribution in [0.25, 0.3) is 21.9 Å². The van der Waals surface area contributed by atoms with Crippen LogP contribution in [0.3, 0.4) is 0 Å². The molecular weight excluding hydrogens is 440 g/mol. The number of hydrogen-bond donors (Lipinski definition) is 4. The lowest BCUT2D eigenvalue weighted by atomic mass is 9.63. The predicted molar refractivity (Wildman–Crippen MR) is 135 cm³/mol. The Labute approximate surface area is 203 Å². The van der Waals surface area contributed by atoms with Crippen molar-refractivity contribution in [1.29, 1.82) is 0 Å². The molecule has 6 atom stereocenters. The summed E-state index contributed by atoms with van der Waals surface area (Å²) in [7, 11) is 0. The fourth-order valence-electron chi connectivity index (χ4n) is 7.17. The maximum Gasteiger partial charge on any atom is 0.146 e. The first kappa shape index (κ1) is 21.1. The van der Waals surface area contributed by atoms with Gasteiger partial charge in [0.2, 0.25) is 0 Å². The maximum absolute atomic E-state index is 11.3. The summed E-state index contributed by atoms with van der Waals surface area (Å²) in [5.74, 6) is 1.71. The van der Waals surface area contributed by atoms with Gasteiger partial charge in [0.1, 0.15) is 29.7 Å². The van der Waals surface area contributed by atoms with Crippen molar-refractivity contribution in [3.8, 4) is 0 Å². The van der Waals surface area contributed by atoms with Gasteiger partial charge in [0, 0.05) is 11.1 Å². The van der Waals surface area contributed by atoms with Gasteiger partial charge in [-0.3, -0.25) is 0 Å². The lowest BCUT2D eigenvalue weighted by Gasteiger charge is -2.42. The molecule has 0 aliphatic heterocycles. The zero-order valence-corrected chi connectivity index (χ0v) is 19.5. The summed E-state index contributed by atoms with van der Waals surface area (Å²) >= 11 is 0. The Bertz CT molecular complexity index is 1470. The van der Waals surface area contributed by atoms with Crippen molar-refractivity contribution in [2.75, 3.05) is 11.5 Å². The monoisotopic (exact) mass is 470 g/mol. The largest absolute Gasteiger partial charge is 0.390 e. The van der Waals surface area contributed by atoms with E-state index < -0.39 is 12.2 Å². The van der Waals surface area contributed by atoms with E-state index in [-0.39, 0.29) is 12.0 Å². The Kier molecular flexibility index (Phi) is 4.60. The van der Waals surface area contributed by atoms with Crippen molar-refractivity contribution in [3.63, 3.8) is 0 Å². The van der Waals surface area contributed by atoms with Crippen LogP contribution < -0.4 is 11.5 Å². The van der Waals surface area contributed by atoms with Gasteiger partial charge in [0.05, 0.1) is 23.0 Å². The normalized spacial score (nSPS) is 30.1. The number of fused-ring (bicyclic) bond motifs is 4. The Morgan fingerprint density at radius 3 is 2.63 bits per heavy atom. The smallest absolute Gasteiger partial charge is 0.146 e. The summed E-state index contributed by atoms with van der Waals surface area (Å²) in [4.78, 5) is 13.3. The fourth-order valence-corrected chi connectivity index (χ4v) is 7.17. The van der Waals surface area contributed by atoms with Crippen LogP contribution in [-0.4, -0.2) is 41.9 Å². The summed E-state index contributed by atoms with van der Waals surface area (Å²) in [5.41, 5.74) is 17.5. The van der Waals surface area contributed by atoms with Crippen LogP contribution in [0.4, 0.5) is 11.6 Å². The van der Waals surface area contributed by atoms with Gasteiger partial charge >= 0.3 is 0 Å². The molecule has 0 bridgehead atoms. The third-order valence-corrected chi connectivity index (χ3v) is 8.94. The Morgan fingerprint density at radius 2 is 1.80 bits per heavy atom. The molecule has 8 heteroatoms. The molecule has 1 aromatic carbocycles. The molecule has 0 radical (unpaired) electrons. The summed E-state index contributed by atoms with van der Waals surface area (Å²) in [5, 5.41) is 24.5. The second kappa shape index (κ2) is 7.63. The Balaban J connectivity index is 1.22. The van der Waals surface area contributed by atoms with E-state index in [0.29, 0.717) is 23.5 Å². The molecule has 7 rings (SSSR count). The number of nitrogen functional groups attached to an aromatic ring is 2. The molecule has 2 fully saturated rings. The van der Waals surface area contributed by atoms with Gasteiger partial charge in [-0.05, 0) is 85.6 Å². The summed E-state index contributed by atoms with van der Waals surface area (Å²) < 4.78 is 2.18. The molecule has 2 saturated carbocycles. The number of aromatic nitrogens is 4. The number of anilines is 2. The molecule has 3 aliphatic carbocycles. The number of hydrogen-bond acceptors (Lipinski definition) is 7. The van der Waals surface area contributed by atoms with Gasteiger partial charge in [0.15, 0.2) is 0 Å². The van der Waals surface area contributed by atoms with Crippen LogP contribution in [0.2, 0.25) is 0 Å².